The number of pyridine rings is 1. The number of thiophene rings is 1. The minimum absolute atomic E-state index is 0.0432. The summed E-state index contributed by atoms with van der Waals surface area (Å²) in [5.41, 5.74) is 2.73. The number of aromatic nitrogens is 4. The summed E-state index contributed by atoms with van der Waals surface area (Å²) in [6.07, 6.45) is 1.57. The highest BCUT2D eigenvalue weighted by Gasteiger charge is 2.23. The van der Waals surface area contributed by atoms with Crippen LogP contribution in [0.25, 0.3) is 28.0 Å². The van der Waals surface area contributed by atoms with Crippen LogP contribution in [0.2, 0.25) is 0 Å². The zero-order valence-electron chi connectivity index (χ0n) is 21.2. The van der Waals surface area contributed by atoms with Crippen LogP contribution in [0.1, 0.15) is 16.1 Å². The maximum atomic E-state index is 15.1. The average Bonchev–Trinajstić information content (AvgIpc) is 3.66. The molecule has 2 aromatic carbocycles. The van der Waals surface area contributed by atoms with Crippen LogP contribution in [0.15, 0.2) is 82.4 Å². The Bertz CT molecular complexity index is 1940. The van der Waals surface area contributed by atoms with Gasteiger partial charge in [0, 0.05) is 41.6 Å². The van der Waals surface area contributed by atoms with E-state index in [2.05, 4.69) is 15.3 Å². The molecule has 6 aromatic rings. The quantitative estimate of drug-likeness (QED) is 0.247. The summed E-state index contributed by atoms with van der Waals surface area (Å²) < 4.78 is 37.1. The lowest BCUT2D eigenvalue weighted by Gasteiger charge is -2.10. The first kappa shape index (κ1) is 25.3. The molecule has 0 fully saturated rings. The molecule has 1 amide bonds. The second kappa shape index (κ2) is 9.93. The van der Waals surface area contributed by atoms with Gasteiger partial charge in [-0.05, 0) is 66.9 Å². The lowest BCUT2D eigenvalue weighted by atomic mass is 10.2. The molecule has 0 aliphatic heterocycles. The molecule has 4 aromatic heterocycles. The van der Waals surface area contributed by atoms with Crippen LogP contribution < -0.4 is 15.6 Å². The van der Waals surface area contributed by atoms with Crippen LogP contribution in [-0.4, -0.2) is 25.2 Å². The fraction of sp³-hybridized carbons (Fsp3) is 0.0690. The van der Waals surface area contributed by atoms with Gasteiger partial charge in [-0.25, -0.2) is 18.4 Å². The molecule has 40 heavy (non-hydrogen) atoms. The number of halogens is 2. The van der Waals surface area contributed by atoms with Crippen LogP contribution in [0.4, 0.5) is 14.5 Å². The molecular weight excluding hydrogens is 536 g/mol. The highest BCUT2D eigenvalue weighted by molar-refractivity contribution is 7.08. The number of hydrogen-bond donors (Lipinski definition) is 2. The molecule has 0 saturated heterocycles. The molecule has 0 bridgehead atoms. The largest absolute Gasteiger partial charge is 0.453 e. The summed E-state index contributed by atoms with van der Waals surface area (Å²) in [5.74, 6) is -1.47. The number of fused-ring (bicyclic) bond motifs is 1. The zero-order chi connectivity index (χ0) is 28.0. The Hall–Kier alpha value is -5.03. The number of rotatable bonds is 6. The van der Waals surface area contributed by atoms with Crippen molar-refractivity contribution in [1.29, 1.82) is 0 Å². The lowest BCUT2D eigenvalue weighted by molar-refractivity contribution is 0.102. The molecule has 8 nitrogen and oxygen atoms in total. The first-order valence-corrected chi connectivity index (χ1v) is 13.1. The van der Waals surface area contributed by atoms with Gasteiger partial charge in [0.05, 0.1) is 16.8 Å². The number of ether oxygens (including phenoxy) is 1. The van der Waals surface area contributed by atoms with Crippen molar-refractivity contribution >= 4 is 34.0 Å². The maximum absolute atomic E-state index is 15.1. The summed E-state index contributed by atoms with van der Waals surface area (Å²) in [5, 5.41) is 7.26. The van der Waals surface area contributed by atoms with E-state index >= 15 is 4.39 Å². The third-order valence-corrected chi connectivity index (χ3v) is 7.27. The predicted octanol–water partition coefficient (Wildman–Crippen LogP) is 6.41. The van der Waals surface area contributed by atoms with Crippen molar-refractivity contribution < 1.29 is 18.3 Å². The Kier molecular flexibility index (Phi) is 6.27. The van der Waals surface area contributed by atoms with Gasteiger partial charge in [-0.3, -0.25) is 14.3 Å². The maximum Gasteiger partial charge on any atom is 0.284 e. The molecule has 0 unspecified atom stereocenters. The third kappa shape index (κ3) is 4.46. The number of amides is 1. The first-order chi connectivity index (χ1) is 19.3. The van der Waals surface area contributed by atoms with Crippen molar-refractivity contribution in [3.63, 3.8) is 0 Å². The fourth-order valence-corrected chi connectivity index (χ4v) is 5.14. The van der Waals surface area contributed by atoms with Gasteiger partial charge in [0.25, 0.3) is 11.5 Å². The van der Waals surface area contributed by atoms with E-state index < -0.39 is 23.1 Å². The molecule has 0 aliphatic carbocycles. The van der Waals surface area contributed by atoms with Crippen LogP contribution in [0, 0.1) is 18.6 Å². The van der Waals surface area contributed by atoms with Gasteiger partial charge in [0.15, 0.2) is 11.6 Å². The lowest BCUT2D eigenvalue weighted by Crippen LogP contribution is -2.25. The number of anilines is 1. The third-order valence-electron chi connectivity index (χ3n) is 6.59. The van der Waals surface area contributed by atoms with Gasteiger partial charge in [-0.15, -0.1) is 0 Å². The van der Waals surface area contributed by atoms with Gasteiger partial charge in [-0.1, -0.05) is 0 Å². The Labute approximate surface area is 230 Å². The molecule has 6 rings (SSSR count). The molecule has 0 radical (unpaired) electrons. The summed E-state index contributed by atoms with van der Waals surface area (Å²) in [6, 6.07) is 14.9. The molecule has 0 spiro atoms. The van der Waals surface area contributed by atoms with E-state index in [4.69, 9.17) is 4.74 Å². The fourth-order valence-electron chi connectivity index (χ4n) is 4.48. The smallest absolute Gasteiger partial charge is 0.284 e. The number of hydrogen-bond acceptors (Lipinski definition) is 5. The molecule has 200 valence electrons. The summed E-state index contributed by atoms with van der Waals surface area (Å²) in [6.45, 7) is 1.62. The average molecular weight is 558 g/mol. The predicted molar refractivity (Wildman–Crippen MR) is 150 cm³/mol. The number of carbonyl (C=O) groups is 1. The minimum Gasteiger partial charge on any atom is -0.453 e. The van der Waals surface area contributed by atoms with Gasteiger partial charge in [0.1, 0.15) is 22.8 Å². The number of aromatic amines is 1. The van der Waals surface area contributed by atoms with Gasteiger partial charge in [-0.2, -0.15) is 11.3 Å². The number of H-pyrrole nitrogens is 1. The van der Waals surface area contributed by atoms with Crippen molar-refractivity contribution in [1.82, 2.24) is 19.3 Å². The van der Waals surface area contributed by atoms with E-state index in [9.17, 15) is 14.0 Å². The zero-order valence-corrected chi connectivity index (χ0v) is 22.1. The SMILES string of the molecule is Cc1c(C(=O)Nc2ccc(Oc3ccnc4[nH]c(-c5ccsc5)cc34)c(F)c2)c(=O)n(-c2ccc(F)cc2)n1C. The van der Waals surface area contributed by atoms with Crippen LogP contribution >= 0.6 is 11.3 Å². The number of benzene rings is 2. The Morgan fingerprint density at radius 3 is 2.58 bits per heavy atom. The molecule has 2 N–H and O–H groups in total. The molecule has 11 heteroatoms. The van der Waals surface area contributed by atoms with Crippen molar-refractivity contribution in [2.24, 2.45) is 7.05 Å². The van der Waals surface area contributed by atoms with E-state index in [-0.39, 0.29) is 17.0 Å². The van der Waals surface area contributed by atoms with Crippen molar-refractivity contribution in [2.45, 2.75) is 6.92 Å². The van der Waals surface area contributed by atoms with Gasteiger partial charge >= 0.3 is 0 Å². The van der Waals surface area contributed by atoms with Crippen LogP contribution in [0.5, 0.6) is 11.5 Å². The molecule has 0 aliphatic rings. The molecule has 0 saturated carbocycles. The monoisotopic (exact) mass is 557 g/mol. The summed E-state index contributed by atoms with van der Waals surface area (Å²) in [7, 11) is 1.62. The van der Waals surface area contributed by atoms with Crippen LogP contribution in [-0.2, 0) is 7.05 Å². The van der Waals surface area contributed by atoms with Crippen molar-refractivity contribution in [3.8, 4) is 28.4 Å². The first-order valence-electron chi connectivity index (χ1n) is 12.1. The Balaban J connectivity index is 1.25. The second-order valence-electron chi connectivity index (χ2n) is 9.05. The van der Waals surface area contributed by atoms with Crippen LogP contribution in [0.3, 0.4) is 0 Å². The highest BCUT2D eigenvalue weighted by atomic mass is 32.1. The van der Waals surface area contributed by atoms with Gasteiger partial charge in [0.2, 0.25) is 0 Å². The molecular formula is C29H21F2N5O3S. The van der Waals surface area contributed by atoms with E-state index in [1.165, 1.54) is 45.8 Å². The topological polar surface area (TPSA) is 93.9 Å². The molecule has 4 heterocycles. The number of carbonyl (C=O) groups excluding carboxylic acids is 1. The minimum atomic E-state index is -0.704. The van der Waals surface area contributed by atoms with Crippen molar-refractivity contribution in [2.75, 3.05) is 5.32 Å². The van der Waals surface area contributed by atoms with E-state index in [0.29, 0.717) is 28.2 Å². The van der Waals surface area contributed by atoms with E-state index in [1.54, 1.807) is 37.6 Å². The Morgan fingerprint density at radius 2 is 1.85 bits per heavy atom. The van der Waals surface area contributed by atoms with Gasteiger partial charge < -0.3 is 15.0 Å². The normalized spacial score (nSPS) is 11.2. The highest BCUT2D eigenvalue weighted by Crippen LogP contribution is 2.34. The molecule has 0 atom stereocenters. The van der Waals surface area contributed by atoms with E-state index in [1.807, 2.05) is 22.9 Å². The number of nitrogens with one attached hydrogen (secondary N) is 2. The summed E-state index contributed by atoms with van der Waals surface area (Å²) in [4.78, 5) is 33.8. The van der Waals surface area contributed by atoms with Crippen molar-refractivity contribution in [3.05, 3.63) is 111 Å². The second-order valence-corrected chi connectivity index (χ2v) is 9.83. The number of nitrogens with zero attached hydrogens (tertiary/aromatic N) is 3. The summed E-state index contributed by atoms with van der Waals surface area (Å²) >= 11 is 1.58. The standard InChI is InChI=1S/C29H21F2N5O3S/c1-16-26(29(38)36(35(16)2)20-6-3-18(30)4-7-20)28(37)33-19-5-8-25(22(31)13-19)39-24-9-11-32-27-21(24)14-23(34-27)17-10-12-40-15-17/h3-15H,1-2H3,(H,32,34)(H,33,37). The van der Waals surface area contributed by atoms with E-state index in [0.717, 1.165) is 17.3 Å². The Morgan fingerprint density at radius 1 is 1.05 bits per heavy atom.